The molecule has 4 nitrogen and oxygen atoms in total. The Labute approximate surface area is 114 Å². The molecule has 1 aliphatic rings. The van der Waals surface area contributed by atoms with Gasteiger partial charge in [-0.2, -0.15) is 0 Å². The molecule has 0 bridgehead atoms. The number of aromatic nitrogens is 2. The highest BCUT2D eigenvalue weighted by Gasteiger charge is 2.26. The van der Waals surface area contributed by atoms with E-state index in [4.69, 9.17) is 0 Å². The summed E-state index contributed by atoms with van der Waals surface area (Å²) in [5.41, 5.74) is 2.24. The van der Waals surface area contributed by atoms with Crippen molar-refractivity contribution in [3.63, 3.8) is 0 Å². The van der Waals surface area contributed by atoms with Crippen LogP contribution in [0.4, 0.5) is 14.5 Å². The average molecular weight is 277 g/mol. The summed E-state index contributed by atoms with van der Waals surface area (Å²) in [6, 6.07) is 3.33. The number of benzene rings is 1. The highest BCUT2D eigenvalue weighted by Crippen LogP contribution is 2.24. The lowest BCUT2D eigenvalue weighted by Gasteiger charge is -2.20. The van der Waals surface area contributed by atoms with E-state index in [0.717, 1.165) is 29.9 Å². The van der Waals surface area contributed by atoms with Crippen LogP contribution < -0.4 is 5.32 Å². The number of aromatic amines is 1. The van der Waals surface area contributed by atoms with E-state index in [0.29, 0.717) is 12.8 Å². The molecule has 1 unspecified atom stereocenters. The second-order valence-corrected chi connectivity index (χ2v) is 4.89. The molecule has 0 spiro atoms. The highest BCUT2D eigenvalue weighted by atomic mass is 19.2. The lowest BCUT2D eigenvalue weighted by atomic mass is 9.89. The third-order valence-electron chi connectivity index (χ3n) is 3.55. The van der Waals surface area contributed by atoms with Gasteiger partial charge in [-0.1, -0.05) is 0 Å². The Bertz CT molecular complexity index is 654. The average Bonchev–Trinajstić information content (AvgIpc) is 2.90. The van der Waals surface area contributed by atoms with Crippen molar-refractivity contribution in [1.82, 2.24) is 9.97 Å². The number of carbonyl (C=O) groups is 1. The lowest BCUT2D eigenvalue weighted by Crippen LogP contribution is -2.28. The van der Waals surface area contributed by atoms with Crippen LogP contribution in [0.15, 0.2) is 24.5 Å². The molecule has 0 saturated heterocycles. The van der Waals surface area contributed by atoms with Gasteiger partial charge in [0.1, 0.15) is 0 Å². The maximum Gasteiger partial charge on any atom is 0.227 e. The minimum absolute atomic E-state index is 0.184. The van der Waals surface area contributed by atoms with E-state index in [1.807, 2.05) is 0 Å². The van der Waals surface area contributed by atoms with Crippen molar-refractivity contribution >= 4 is 11.6 Å². The van der Waals surface area contributed by atoms with Crippen molar-refractivity contribution < 1.29 is 13.6 Å². The normalized spacial score (nSPS) is 17.6. The van der Waals surface area contributed by atoms with Crippen LogP contribution in [0.5, 0.6) is 0 Å². The van der Waals surface area contributed by atoms with Gasteiger partial charge in [-0.15, -0.1) is 0 Å². The summed E-state index contributed by atoms with van der Waals surface area (Å²) in [5.74, 6) is -2.27. The molecule has 6 heteroatoms. The molecular weight excluding hydrogens is 264 g/mol. The minimum Gasteiger partial charge on any atom is -0.348 e. The molecule has 1 atom stereocenters. The van der Waals surface area contributed by atoms with Gasteiger partial charge in [-0.3, -0.25) is 4.79 Å². The number of nitrogens with one attached hydrogen (secondary N) is 2. The molecule has 3 rings (SSSR count). The van der Waals surface area contributed by atoms with Crippen molar-refractivity contribution in [3.05, 3.63) is 47.5 Å². The largest absolute Gasteiger partial charge is 0.348 e. The molecule has 104 valence electrons. The Kier molecular flexibility index (Phi) is 3.22. The predicted molar refractivity (Wildman–Crippen MR) is 69.1 cm³/mol. The van der Waals surface area contributed by atoms with E-state index < -0.39 is 11.6 Å². The molecule has 1 aliphatic carbocycles. The molecule has 1 aromatic heterocycles. The van der Waals surface area contributed by atoms with Crippen LogP contribution in [-0.4, -0.2) is 15.9 Å². The zero-order valence-electron chi connectivity index (χ0n) is 10.6. The maximum atomic E-state index is 13.1. The van der Waals surface area contributed by atoms with Crippen LogP contribution >= 0.6 is 0 Å². The van der Waals surface area contributed by atoms with Gasteiger partial charge in [0.25, 0.3) is 0 Å². The summed E-state index contributed by atoms with van der Waals surface area (Å²) in [7, 11) is 0. The monoisotopic (exact) mass is 277 g/mol. The third kappa shape index (κ3) is 2.41. The smallest absolute Gasteiger partial charge is 0.227 e. The van der Waals surface area contributed by atoms with Gasteiger partial charge in [0.05, 0.1) is 12.0 Å². The Balaban J connectivity index is 1.69. The van der Waals surface area contributed by atoms with Crippen molar-refractivity contribution in [2.24, 2.45) is 5.92 Å². The third-order valence-corrected chi connectivity index (χ3v) is 3.55. The minimum atomic E-state index is -0.970. The molecule has 0 radical (unpaired) electrons. The Morgan fingerprint density at radius 3 is 3.00 bits per heavy atom. The van der Waals surface area contributed by atoms with E-state index >= 15 is 0 Å². The van der Waals surface area contributed by atoms with Gasteiger partial charge in [0.15, 0.2) is 11.6 Å². The molecule has 1 heterocycles. The summed E-state index contributed by atoms with van der Waals surface area (Å²) >= 11 is 0. The zero-order valence-corrected chi connectivity index (χ0v) is 10.6. The zero-order chi connectivity index (χ0) is 14.1. The number of carbonyl (C=O) groups excluding carboxylic acids is 1. The number of anilines is 1. The maximum absolute atomic E-state index is 13.1. The molecule has 1 amide bonds. The van der Waals surface area contributed by atoms with Crippen molar-refractivity contribution in [2.45, 2.75) is 19.3 Å². The standard InChI is InChI=1S/C14H13F2N3O/c15-10-3-2-9(6-11(10)16)19-14(20)8-1-4-12-13(5-8)18-7-17-12/h2-3,6-8H,1,4-5H2,(H,17,18)(H,19,20). The molecular formula is C14H13F2N3O. The molecule has 0 fully saturated rings. The van der Waals surface area contributed by atoms with Gasteiger partial charge in [0, 0.05) is 29.8 Å². The number of H-pyrrole nitrogens is 1. The van der Waals surface area contributed by atoms with E-state index in [1.165, 1.54) is 6.07 Å². The Morgan fingerprint density at radius 2 is 2.20 bits per heavy atom. The summed E-state index contributed by atoms with van der Waals surface area (Å²) in [5, 5.41) is 2.62. The lowest BCUT2D eigenvalue weighted by molar-refractivity contribution is -0.120. The summed E-state index contributed by atoms with van der Waals surface area (Å²) in [6.07, 6.45) is 3.66. The number of halogens is 2. The van der Waals surface area contributed by atoms with Crippen molar-refractivity contribution in [3.8, 4) is 0 Å². The first-order chi connectivity index (χ1) is 9.63. The first-order valence-corrected chi connectivity index (χ1v) is 6.40. The van der Waals surface area contributed by atoms with Gasteiger partial charge >= 0.3 is 0 Å². The Hall–Kier alpha value is -2.24. The van der Waals surface area contributed by atoms with Gasteiger partial charge in [-0.25, -0.2) is 13.8 Å². The van der Waals surface area contributed by atoms with Crippen LogP contribution in [0.3, 0.4) is 0 Å². The molecule has 1 aromatic carbocycles. The number of aryl methyl sites for hydroxylation is 1. The van der Waals surface area contributed by atoms with E-state index in [9.17, 15) is 13.6 Å². The van der Waals surface area contributed by atoms with Crippen LogP contribution in [-0.2, 0) is 17.6 Å². The molecule has 0 aliphatic heterocycles. The number of amides is 1. The molecule has 2 N–H and O–H groups in total. The molecule has 0 saturated carbocycles. The summed E-state index contributed by atoms with van der Waals surface area (Å²) < 4.78 is 25.9. The number of imidazole rings is 1. The quantitative estimate of drug-likeness (QED) is 0.885. The van der Waals surface area contributed by atoms with E-state index in [-0.39, 0.29) is 17.5 Å². The fourth-order valence-electron chi connectivity index (χ4n) is 2.44. The van der Waals surface area contributed by atoms with Crippen LogP contribution in [0.1, 0.15) is 17.8 Å². The molecule has 2 aromatic rings. The number of hydrogen-bond donors (Lipinski definition) is 2. The summed E-state index contributed by atoms with van der Waals surface area (Å²) in [6.45, 7) is 0. The second-order valence-electron chi connectivity index (χ2n) is 4.89. The van der Waals surface area contributed by atoms with Crippen LogP contribution in [0.2, 0.25) is 0 Å². The Morgan fingerprint density at radius 1 is 1.35 bits per heavy atom. The van der Waals surface area contributed by atoms with E-state index in [2.05, 4.69) is 15.3 Å². The van der Waals surface area contributed by atoms with Crippen molar-refractivity contribution in [2.75, 3.05) is 5.32 Å². The van der Waals surface area contributed by atoms with Crippen LogP contribution in [0.25, 0.3) is 0 Å². The van der Waals surface area contributed by atoms with Crippen LogP contribution in [0, 0.1) is 17.6 Å². The fraction of sp³-hybridized carbons (Fsp3) is 0.286. The van der Waals surface area contributed by atoms with Gasteiger partial charge in [0.2, 0.25) is 5.91 Å². The van der Waals surface area contributed by atoms with E-state index in [1.54, 1.807) is 6.33 Å². The van der Waals surface area contributed by atoms with Crippen molar-refractivity contribution in [1.29, 1.82) is 0 Å². The first-order valence-electron chi connectivity index (χ1n) is 6.40. The van der Waals surface area contributed by atoms with Gasteiger partial charge in [-0.05, 0) is 25.0 Å². The number of hydrogen-bond acceptors (Lipinski definition) is 2. The topological polar surface area (TPSA) is 57.8 Å². The molecule has 20 heavy (non-hydrogen) atoms. The number of nitrogens with zero attached hydrogens (tertiary/aromatic N) is 1. The second kappa shape index (κ2) is 5.03. The SMILES string of the molecule is O=C(Nc1ccc(F)c(F)c1)C1CCc2nc[nH]c2C1. The predicted octanol–water partition coefficient (Wildman–Crippen LogP) is 2.43. The highest BCUT2D eigenvalue weighted by molar-refractivity contribution is 5.92. The first kappa shape index (κ1) is 12.8. The number of rotatable bonds is 2. The summed E-state index contributed by atoms with van der Waals surface area (Å²) in [4.78, 5) is 19.3. The van der Waals surface area contributed by atoms with Gasteiger partial charge < -0.3 is 10.3 Å². The number of fused-ring (bicyclic) bond motifs is 1. The fourth-order valence-corrected chi connectivity index (χ4v) is 2.44.